The molecule has 1 unspecified atom stereocenters. The summed E-state index contributed by atoms with van der Waals surface area (Å²) in [5.74, 6) is 0. The van der Waals surface area contributed by atoms with Gasteiger partial charge in [0.2, 0.25) is 0 Å². The van der Waals surface area contributed by atoms with Gasteiger partial charge in [-0.15, -0.1) is 22.7 Å². The average molecular weight is 266 g/mol. The monoisotopic (exact) mass is 266 g/mol. The molecule has 1 N–H and O–H groups in total. The molecule has 2 rings (SSSR count). The minimum Gasteiger partial charge on any atom is -0.382 e. The molecule has 0 saturated carbocycles. The standard InChI is InChI=1S/C8H5F3N2OS2/c9-8(10,11)7-13-2-5(16-7)6(14)4-1-12-3-15-4/h1-3,6,14H. The zero-order valence-electron chi connectivity index (χ0n) is 7.60. The quantitative estimate of drug-likeness (QED) is 0.909. The number of thiazole rings is 2. The van der Waals surface area contributed by atoms with Crippen LogP contribution in [0.25, 0.3) is 0 Å². The Balaban J connectivity index is 2.26. The molecule has 0 spiro atoms. The Bertz CT molecular complexity index is 466. The molecule has 0 aromatic carbocycles. The molecule has 1 atom stereocenters. The number of aliphatic hydroxyl groups is 1. The smallest absolute Gasteiger partial charge is 0.382 e. The van der Waals surface area contributed by atoms with Gasteiger partial charge in [0.05, 0.1) is 15.3 Å². The van der Waals surface area contributed by atoms with Crippen LogP contribution in [0.1, 0.15) is 20.9 Å². The molecule has 2 aromatic rings. The second-order valence-electron chi connectivity index (χ2n) is 2.87. The number of rotatable bonds is 2. The fraction of sp³-hybridized carbons (Fsp3) is 0.250. The highest BCUT2D eigenvalue weighted by Gasteiger charge is 2.35. The van der Waals surface area contributed by atoms with E-state index in [1.165, 1.54) is 23.0 Å². The maximum atomic E-state index is 12.3. The van der Waals surface area contributed by atoms with E-state index in [1.807, 2.05) is 0 Å². The van der Waals surface area contributed by atoms with Crippen LogP contribution in [0, 0.1) is 0 Å². The van der Waals surface area contributed by atoms with Crippen LogP contribution in [0.5, 0.6) is 0 Å². The molecule has 0 aliphatic heterocycles. The molecule has 2 heterocycles. The predicted molar refractivity (Wildman–Crippen MR) is 53.3 cm³/mol. The third-order valence-electron chi connectivity index (χ3n) is 1.76. The summed E-state index contributed by atoms with van der Waals surface area (Å²) in [6.07, 6.45) is -3.09. The summed E-state index contributed by atoms with van der Waals surface area (Å²) in [4.78, 5) is 7.64. The number of hydrogen-bond acceptors (Lipinski definition) is 5. The Morgan fingerprint density at radius 1 is 1.25 bits per heavy atom. The first-order chi connectivity index (χ1) is 7.48. The minimum absolute atomic E-state index is 0.163. The van der Waals surface area contributed by atoms with Gasteiger partial charge in [-0.25, -0.2) is 4.98 Å². The predicted octanol–water partition coefficient (Wildman–Crippen LogP) is 2.70. The van der Waals surface area contributed by atoms with Crippen LogP contribution in [0.2, 0.25) is 0 Å². The SMILES string of the molecule is OC(c1cncs1)c1cnc(C(F)(F)F)s1. The van der Waals surface area contributed by atoms with E-state index in [2.05, 4.69) is 9.97 Å². The number of alkyl halides is 3. The number of hydrogen-bond donors (Lipinski definition) is 1. The number of nitrogens with zero attached hydrogens (tertiary/aromatic N) is 2. The first-order valence-electron chi connectivity index (χ1n) is 4.08. The number of aliphatic hydroxyl groups excluding tert-OH is 1. The van der Waals surface area contributed by atoms with Crippen LogP contribution >= 0.6 is 22.7 Å². The molecule has 0 aliphatic rings. The third kappa shape index (κ3) is 2.23. The molecular formula is C8H5F3N2OS2. The van der Waals surface area contributed by atoms with Gasteiger partial charge in [-0.05, 0) is 0 Å². The van der Waals surface area contributed by atoms with Crippen molar-refractivity contribution in [2.45, 2.75) is 12.3 Å². The summed E-state index contributed by atoms with van der Waals surface area (Å²) >= 11 is 1.62. The summed E-state index contributed by atoms with van der Waals surface area (Å²) in [5, 5.41) is 8.78. The van der Waals surface area contributed by atoms with E-state index < -0.39 is 17.3 Å². The first-order valence-corrected chi connectivity index (χ1v) is 5.77. The van der Waals surface area contributed by atoms with Crippen LogP contribution in [0.3, 0.4) is 0 Å². The lowest BCUT2D eigenvalue weighted by atomic mass is 10.3. The van der Waals surface area contributed by atoms with Gasteiger partial charge < -0.3 is 5.11 Å². The van der Waals surface area contributed by atoms with Gasteiger partial charge in [-0.1, -0.05) is 0 Å². The van der Waals surface area contributed by atoms with E-state index >= 15 is 0 Å². The Hall–Kier alpha value is -0.990. The average Bonchev–Trinajstić information content (AvgIpc) is 2.87. The van der Waals surface area contributed by atoms with Crippen molar-refractivity contribution in [3.8, 4) is 0 Å². The van der Waals surface area contributed by atoms with E-state index in [0.717, 1.165) is 6.20 Å². The lowest BCUT2D eigenvalue weighted by Gasteiger charge is -2.03. The molecular weight excluding hydrogens is 261 g/mol. The van der Waals surface area contributed by atoms with Crippen molar-refractivity contribution in [3.63, 3.8) is 0 Å². The largest absolute Gasteiger partial charge is 0.443 e. The Kier molecular flexibility index (Phi) is 2.96. The summed E-state index contributed by atoms with van der Waals surface area (Å²) in [7, 11) is 0. The Labute approximate surface area is 96.2 Å². The highest BCUT2D eigenvalue weighted by molar-refractivity contribution is 7.12. The van der Waals surface area contributed by atoms with Crippen molar-refractivity contribution < 1.29 is 18.3 Å². The summed E-state index contributed by atoms with van der Waals surface area (Å²) in [6.45, 7) is 0. The minimum atomic E-state index is -4.46. The molecule has 0 fully saturated rings. The van der Waals surface area contributed by atoms with E-state index in [4.69, 9.17) is 0 Å². The van der Waals surface area contributed by atoms with Crippen molar-refractivity contribution in [1.82, 2.24) is 9.97 Å². The van der Waals surface area contributed by atoms with Crippen LogP contribution in [0.15, 0.2) is 17.9 Å². The molecule has 0 saturated heterocycles. The summed E-state index contributed by atoms with van der Waals surface area (Å²) in [5.41, 5.74) is 1.50. The fourth-order valence-electron chi connectivity index (χ4n) is 1.04. The molecule has 86 valence electrons. The van der Waals surface area contributed by atoms with E-state index in [1.54, 1.807) is 0 Å². The Morgan fingerprint density at radius 2 is 2.00 bits per heavy atom. The molecule has 0 radical (unpaired) electrons. The van der Waals surface area contributed by atoms with Gasteiger partial charge in [-0.3, -0.25) is 4.98 Å². The lowest BCUT2D eigenvalue weighted by Crippen LogP contribution is -2.03. The van der Waals surface area contributed by atoms with Gasteiger partial charge in [0.1, 0.15) is 6.10 Å². The molecule has 3 nitrogen and oxygen atoms in total. The fourth-order valence-corrected chi connectivity index (χ4v) is 2.53. The second kappa shape index (κ2) is 4.11. The van der Waals surface area contributed by atoms with Crippen molar-refractivity contribution in [2.24, 2.45) is 0 Å². The molecule has 16 heavy (non-hydrogen) atoms. The topological polar surface area (TPSA) is 46.0 Å². The van der Waals surface area contributed by atoms with E-state index in [0.29, 0.717) is 16.2 Å². The van der Waals surface area contributed by atoms with Gasteiger partial charge in [0, 0.05) is 12.4 Å². The van der Waals surface area contributed by atoms with E-state index in [-0.39, 0.29) is 4.88 Å². The Morgan fingerprint density at radius 3 is 2.50 bits per heavy atom. The normalized spacial score (nSPS) is 14.0. The van der Waals surface area contributed by atoms with Crippen molar-refractivity contribution >= 4 is 22.7 Å². The van der Waals surface area contributed by atoms with Gasteiger partial charge in [-0.2, -0.15) is 13.2 Å². The maximum absolute atomic E-state index is 12.3. The molecule has 0 bridgehead atoms. The molecule has 0 aliphatic carbocycles. The second-order valence-corrected chi connectivity index (χ2v) is 4.85. The molecule has 0 amide bonds. The zero-order chi connectivity index (χ0) is 11.8. The van der Waals surface area contributed by atoms with Gasteiger partial charge in [0.15, 0.2) is 5.01 Å². The molecule has 2 aromatic heterocycles. The van der Waals surface area contributed by atoms with Crippen LogP contribution in [0.4, 0.5) is 13.2 Å². The van der Waals surface area contributed by atoms with Crippen molar-refractivity contribution in [1.29, 1.82) is 0 Å². The lowest BCUT2D eigenvalue weighted by molar-refractivity contribution is -0.137. The summed E-state index contributed by atoms with van der Waals surface area (Å²) < 4.78 is 36.8. The third-order valence-corrected chi connectivity index (χ3v) is 3.68. The van der Waals surface area contributed by atoms with Crippen molar-refractivity contribution in [3.05, 3.63) is 32.7 Å². The zero-order valence-corrected chi connectivity index (χ0v) is 9.23. The number of halogens is 3. The first kappa shape index (κ1) is 11.5. The van der Waals surface area contributed by atoms with Gasteiger partial charge >= 0.3 is 6.18 Å². The van der Waals surface area contributed by atoms with Crippen LogP contribution in [-0.2, 0) is 6.18 Å². The summed E-state index contributed by atoms with van der Waals surface area (Å²) in [6, 6.07) is 0. The van der Waals surface area contributed by atoms with Crippen LogP contribution in [-0.4, -0.2) is 15.1 Å². The maximum Gasteiger partial charge on any atom is 0.443 e. The van der Waals surface area contributed by atoms with Crippen LogP contribution < -0.4 is 0 Å². The highest BCUT2D eigenvalue weighted by atomic mass is 32.1. The number of aromatic nitrogens is 2. The van der Waals surface area contributed by atoms with E-state index in [9.17, 15) is 18.3 Å². The molecule has 8 heteroatoms. The highest BCUT2D eigenvalue weighted by Crippen LogP contribution is 2.36. The van der Waals surface area contributed by atoms with Crippen molar-refractivity contribution in [2.75, 3.05) is 0 Å². The van der Waals surface area contributed by atoms with Gasteiger partial charge in [0.25, 0.3) is 0 Å².